The molecule has 1 spiro atoms. The van der Waals surface area contributed by atoms with Crippen molar-refractivity contribution in [3.05, 3.63) is 6.07 Å². The molecular formula is C22H34N6O4. The maximum absolute atomic E-state index is 12.4. The quantitative estimate of drug-likeness (QED) is 0.495. The molecule has 5 rings (SSSR count). The molecular weight excluding hydrogens is 412 g/mol. The van der Waals surface area contributed by atoms with Crippen molar-refractivity contribution in [2.24, 2.45) is 17.3 Å². The van der Waals surface area contributed by atoms with Gasteiger partial charge < -0.3 is 31.1 Å². The third-order valence-electron chi connectivity index (χ3n) is 6.95. The predicted molar refractivity (Wildman–Crippen MR) is 120 cm³/mol. The Morgan fingerprint density at radius 2 is 2.09 bits per heavy atom. The Morgan fingerprint density at radius 1 is 1.38 bits per heavy atom. The number of hydrogen-bond donors (Lipinski definition) is 4. The van der Waals surface area contributed by atoms with Crippen molar-refractivity contribution in [2.45, 2.75) is 64.2 Å². The third-order valence-corrected chi connectivity index (χ3v) is 6.95. The van der Waals surface area contributed by atoms with Gasteiger partial charge in [-0.2, -0.15) is 9.97 Å². The van der Waals surface area contributed by atoms with Crippen LogP contribution in [0.4, 0.5) is 17.6 Å². The summed E-state index contributed by atoms with van der Waals surface area (Å²) in [5.41, 5.74) is 5.50. The van der Waals surface area contributed by atoms with Gasteiger partial charge in [-0.3, -0.25) is 9.59 Å². The molecule has 2 bridgehead atoms. The molecule has 4 aliphatic rings. The summed E-state index contributed by atoms with van der Waals surface area (Å²) < 4.78 is 6.52. The number of amides is 1. The van der Waals surface area contributed by atoms with Crippen LogP contribution in [0.5, 0.6) is 0 Å². The number of rotatable bonds is 5. The molecule has 5 N–H and O–H groups in total. The molecule has 3 saturated heterocycles. The standard InChI is InChI=1S/C21H32N6O2.CH2O2/c1-20(2,3)18(28)23-9-13-14-10-27(11-21(14)7-6-15(13)29-21)17-8-16(24-12-4-5-12)25-19(22)26-17;2-1-3/h8,12-15H,4-7,9-11H2,1-3H3,(H,23,28)(H3,22,24,25,26);1H,(H,2,3)/t13-,14+,15+,21+;/m0./s1. The number of aromatic nitrogens is 2. The van der Waals surface area contributed by atoms with Gasteiger partial charge in [0.25, 0.3) is 6.47 Å². The van der Waals surface area contributed by atoms with Crippen molar-refractivity contribution in [3.63, 3.8) is 0 Å². The van der Waals surface area contributed by atoms with Gasteiger partial charge in [0.15, 0.2) is 0 Å². The second-order valence-electron chi connectivity index (χ2n) is 10.4. The molecule has 32 heavy (non-hydrogen) atoms. The summed E-state index contributed by atoms with van der Waals surface area (Å²) >= 11 is 0. The minimum Gasteiger partial charge on any atom is -0.483 e. The number of nitrogen functional groups attached to an aromatic ring is 1. The number of anilines is 3. The molecule has 176 valence electrons. The van der Waals surface area contributed by atoms with Crippen LogP contribution in [0.2, 0.25) is 0 Å². The minimum absolute atomic E-state index is 0.101. The van der Waals surface area contributed by atoms with Gasteiger partial charge in [-0.05, 0) is 25.7 Å². The maximum Gasteiger partial charge on any atom is 0.290 e. The largest absolute Gasteiger partial charge is 0.483 e. The molecule has 0 radical (unpaired) electrons. The number of carbonyl (C=O) groups is 2. The van der Waals surface area contributed by atoms with E-state index in [1.807, 2.05) is 26.8 Å². The van der Waals surface area contributed by atoms with E-state index in [0.717, 1.165) is 37.6 Å². The fourth-order valence-corrected chi connectivity index (χ4v) is 5.24. The minimum atomic E-state index is -0.374. The van der Waals surface area contributed by atoms with E-state index >= 15 is 0 Å². The first-order valence-corrected chi connectivity index (χ1v) is 11.4. The number of ether oxygens (including phenoxy) is 1. The van der Waals surface area contributed by atoms with Crippen molar-refractivity contribution in [1.29, 1.82) is 0 Å². The Balaban J connectivity index is 0.000000775. The van der Waals surface area contributed by atoms with E-state index in [1.54, 1.807) is 0 Å². The molecule has 0 unspecified atom stereocenters. The van der Waals surface area contributed by atoms with E-state index in [9.17, 15) is 4.79 Å². The SMILES string of the molecule is CC(C)(C)C(=O)NC[C@H]1[C@H]2CN(c3cc(NC4CC4)nc(N)n3)C[C@]23CC[C@H]1O3.O=CO. The van der Waals surface area contributed by atoms with E-state index in [1.165, 1.54) is 12.8 Å². The summed E-state index contributed by atoms with van der Waals surface area (Å²) in [6, 6.07) is 2.53. The molecule has 4 heterocycles. The number of carboxylic acid groups (broad SMARTS) is 1. The lowest BCUT2D eigenvalue weighted by Gasteiger charge is -2.30. The maximum atomic E-state index is 12.4. The number of nitrogens with zero attached hydrogens (tertiary/aromatic N) is 3. The molecule has 10 nitrogen and oxygen atoms in total. The van der Waals surface area contributed by atoms with E-state index in [-0.39, 0.29) is 29.5 Å². The summed E-state index contributed by atoms with van der Waals surface area (Å²) in [6.45, 7) is 7.99. The Bertz CT molecular complexity index is 870. The fraction of sp³-hybridized carbons (Fsp3) is 0.727. The van der Waals surface area contributed by atoms with Crippen LogP contribution in [-0.4, -0.2) is 64.8 Å². The smallest absolute Gasteiger partial charge is 0.290 e. The zero-order valence-corrected chi connectivity index (χ0v) is 19.0. The molecule has 10 heteroatoms. The van der Waals surface area contributed by atoms with Crippen LogP contribution in [-0.2, 0) is 14.3 Å². The molecule has 4 atom stereocenters. The lowest BCUT2D eigenvalue weighted by Crippen LogP contribution is -2.44. The molecule has 1 aromatic rings. The Hall–Kier alpha value is -2.62. The lowest BCUT2D eigenvalue weighted by molar-refractivity contribution is -0.128. The monoisotopic (exact) mass is 446 g/mol. The Morgan fingerprint density at radius 3 is 2.75 bits per heavy atom. The first-order chi connectivity index (χ1) is 15.1. The summed E-state index contributed by atoms with van der Waals surface area (Å²) in [6.07, 6.45) is 4.78. The first-order valence-electron chi connectivity index (χ1n) is 11.4. The fourth-order valence-electron chi connectivity index (χ4n) is 5.24. The first kappa shape index (κ1) is 22.6. The zero-order valence-electron chi connectivity index (χ0n) is 19.0. The topological polar surface area (TPSA) is 143 Å². The van der Waals surface area contributed by atoms with Crippen LogP contribution in [0.15, 0.2) is 6.07 Å². The molecule has 1 aromatic heterocycles. The summed E-state index contributed by atoms with van der Waals surface area (Å²) in [4.78, 5) is 31.9. The summed E-state index contributed by atoms with van der Waals surface area (Å²) in [7, 11) is 0. The number of hydrogen-bond acceptors (Lipinski definition) is 8. The van der Waals surface area contributed by atoms with E-state index in [4.69, 9.17) is 20.4 Å². The molecule has 1 aliphatic carbocycles. The molecule has 4 fully saturated rings. The van der Waals surface area contributed by atoms with Crippen LogP contribution < -0.4 is 21.3 Å². The van der Waals surface area contributed by atoms with Gasteiger partial charge >= 0.3 is 0 Å². The van der Waals surface area contributed by atoms with Crippen LogP contribution in [0.1, 0.15) is 46.5 Å². The predicted octanol–water partition coefficient (Wildman–Crippen LogP) is 1.48. The zero-order chi connectivity index (χ0) is 23.1. The second-order valence-corrected chi connectivity index (χ2v) is 10.4. The van der Waals surface area contributed by atoms with Crippen LogP contribution in [0.3, 0.4) is 0 Å². The van der Waals surface area contributed by atoms with Crippen molar-refractivity contribution in [3.8, 4) is 0 Å². The average Bonchev–Trinajstić information content (AvgIpc) is 3.19. The average molecular weight is 447 g/mol. The van der Waals surface area contributed by atoms with Crippen LogP contribution in [0.25, 0.3) is 0 Å². The van der Waals surface area contributed by atoms with Crippen molar-refractivity contribution in [2.75, 3.05) is 35.6 Å². The van der Waals surface area contributed by atoms with Crippen LogP contribution in [0, 0.1) is 17.3 Å². The van der Waals surface area contributed by atoms with E-state index in [0.29, 0.717) is 30.4 Å². The second kappa shape index (κ2) is 8.38. The van der Waals surface area contributed by atoms with Gasteiger partial charge in [-0.1, -0.05) is 20.8 Å². The van der Waals surface area contributed by atoms with Gasteiger partial charge in [0.05, 0.1) is 11.7 Å². The van der Waals surface area contributed by atoms with Gasteiger partial charge in [0, 0.05) is 49.0 Å². The highest BCUT2D eigenvalue weighted by atomic mass is 16.5. The molecule has 1 amide bonds. The highest BCUT2D eigenvalue weighted by Crippen LogP contribution is 2.55. The van der Waals surface area contributed by atoms with Gasteiger partial charge in [-0.25, -0.2) is 0 Å². The number of nitrogens with one attached hydrogen (secondary N) is 2. The highest BCUT2D eigenvalue weighted by Gasteiger charge is 2.63. The van der Waals surface area contributed by atoms with Gasteiger partial charge in [0.2, 0.25) is 11.9 Å². The van der Waals surface area contributed by atoms with Crippen molar-refractivity contribution < 1.29 is 19.4 Å². The molecule has 1 saturated carbocycles. The van der Waals surface area contributed by atoms with E-state index < -0.39 is 0 Å². The summed E-state index contributed by atoms with van der Waals surface area (Å²) in [5, 5.41) is 13.5. The third kappa shape index (κ3) is 4.46. The van der Waals surface area contributed by atoms with Crippen molar-refractivity contribution >= 4 is 30.0 Å². The van der Waals surface area contributed by atoms with Gasteiger partial charge in [-0.15, -0.1) is 0 Å². The molecule has 3 aliphatic heterocycles. The Labute approximate surface area is 188 Å². The number of fused-ring (bicyclic) bond motifs is 1. The molecule has 0 aromatic carbocycles. The Kier molecular flexibility index (Phi) is 5.91. The normalized spacial score (nSPS) is 30.3. The summed E-state index contributed by atoms with van der Waals surface area (Å²) in [5.74, 6) is 2.83. The van der Waals surface area contributed by atoms with E-state index in [2.05, 4.69) is 25.5 Å². The lowest BCUT2D eigenvalue weighted by atomic mass is 9.73. The van der Waals surface area contributed by atoms with Crippen molar-refractivity contribution in [1.82, 2.24) is 15.3 Å². The highest BCUT2D eigenvalue weighted by molar-refractivity contribution is 5.81. The number of nitrogens with two attached hydrogens (primary N) is 1. The van der Waals surface area contributed by atoms with Gasteiger partial charge in [0.1, 0.15) is 11.6 Å². The number of carbonyl (C=O) groups excluding carboxylic acids is 1. The van der Waals surface area contributed by atoms with Crippen LogP contribution >= 0.6 is 0 Å².